The molecular weight excluding hydrogens is 378 g/mol. The summed E-state index contributed by atoms with van der Waals surface area (Å²) >= 11 is 0. The van der Waals surface area contributed by atoms with Crippen molar-refractivity contribution in [3.63, 3.8) is 0 Å². The van der Waals surface area contributed by atoms with E-state index in [-0.39, 0.29) is 22.9 Å². The number of hydroxylamine groups is 1. The zero-order chi connectivity index (χ0) is 21.1. The lowest BCUT2D eigenvalue weighted by molar-refractivity contribution is -0.383. The summed E-state index contributed by atoms with van der Waals surface area (Å²) in [6, 6.07) is 12.9. The van der Waals surface area contributed by atoms with Crippen molar-refractivity contribution in [2.45, 2.75) is 6.92 Å². The van der Waals surface area contributed by atoms with E-state index in [0.29, 0.717) is 22.3 Å². The normalized spacial score (nSPS) is 12.2. The number of nitro groups is 1. The number of benzene rings is 2. The number of aromatic nitrogens is 1. The van der Waals surface area contributed by atoms with Crippen molar-refractivity contribution >= 4 is 34.2 Å². The summed E-state index contributed by atoms with van der Waals surface area (Å²) in [6.07, 6.45) is 0. The highest BCUT2D eigenvalue weighted by molar-refractivity contribution is 6.02. The molecule has 1 aromatic heterocycles. The maximum absolute atomic E-state index is 12.0. The quantitative estimate of drug-likeness (QED) is 0.221. The van der Waals surface area contributed by atoms with Gasteiger partial charge in [0.15, 0.2) is 0 Å². The summed E-state index contributed by atoms with van der Waals surface area (Å²) < 4.78 is 1.46. The summed E-state index contributed by atoms with van der Waals surface area (Å²) in [5.41, 5.74) is 14.4. The molecular formula is C18H17N7O4. The fourth-order valence-corrected chi connectivity index (χ4v) is 2.90. The van der Waals surface area contributed by atoms with Crippen LogP contribution in [0.1, 0.15) is 23.0 Å². The van der Waals surface area contributed by atoms with Crippen molar-refractivity contribution in [1.82, 2.24) is 10.0 Å². The molecule has 6 N–H and O–H groups in total. The van der Waals surface area contributed by atoms with E-state index in [1.165, 1.54) is 16.7 Å². The van der Waals surface area contributed by atoms with Gasteiger partial charge in [-0.15, -0.1) is 5.10 Å². The van der Waals surface area contributed by atoms with E-state index in [2.05, 4.69) is 10.2 Å². The molecule has 0 fully saturated rings. The highest BCUT2D eigenvalue weighted by Crippen LogP contribution is 2.31. The van der Waals surface area contributed by atoms with Crippen LogP contribution in [0, 0.1) is 10.1 Å². The van der Waals surface area contributed by atoms with Gasteiger partial charge in [-0.1, -0.05) is 24.3 Å². The molecule has 0 aliphatic heterocycles. The zero-order valence-electron chi connectivity index (χ0n) is 15.2. The minimum atomic E-state index is -0.710. The van der Waals surface area contributed by atoms with Crippen molar-refractivity contribution in [2.75, 3.05) is 0 Å². The number of rotatable bonds is 5. The number of guanidine groups is 1. The number of hydrogen-bond donors (Lipinski definition) is 4. The number of nitro benzene ring substituents is 1. The molecule has 1 heterocycles. The second-order valence-corrected chi connectivity index (χ2v) is 6.03. The Hall–Kier alpha value is -4.25. The number of fused-ring (bicyclic) bond motifs is 1. The fraction of sp³-hybridized carbons (Fsp3) is 0.0556. The number of para-hydroxylation sites is 1. The molecule has 0 atom stereocenters. The predicted molar refractivity (Wildman–Crippen MR) is 107 cm³/mol. The molecule has 3 aromatic rings. The van der Waals surface area contributed by atoms with Crippen LogP contribution in [0.3, 0.4) is 0 Å². The van der Waals surface area contributed by atoms with Crippen LogP contribution in [0.25, 0.3) is 16.6 Å². The van der Waals surface area contributed by atoms with Gasteiger partial charge >= 0.3 is 0 Å². The molecule has 0 bridgehead atoms. The van der Waals surface area contributed by atoms with Gasteiger partial charge in [0.05, 0.1) is 10.6 Å². The van der Waals surface area contributed by atoms with Crippen LogP contribution in [0.2, 0.25) is 0 Å². The molecule has 0 radical (unpaired) electrons. The standard InChI is InChI=1S/C18H17N7O4/c1-10(21-22-18(20)23-27)11-5-7-13(8-6-11)24-15(17(19)26)9-12-3-2-4-14(16(12)24)25(28)29/h2-9,27H,1H3,(H2,19,26)(H3,20,22,23)/b21-10+. The summed E-state index contributed by atoms with van der Waals surface area (Å²) in [4.78, 5) is 22.9. The average molecular weight is 395 g/mol. The number of nitrogens with one attached hydrogen (secondary N) is 1. The number of nitrogens with zero attached hydrogens (tertiary/aromatic N) is 4. The summed E-state index contributed by atoms with van der Waals surface area (Å²) in [7, 11) is 0. The second-order valence-electron chi connectivity index (χ2n) is 6.03. The minimum absolute atomic E-state index is 0.124. The van der Waals surface area contributed by atoms with Gasteiger partial charge in [-0.2, -0.15) is 5.10 Å². The van der Waals surface area contributed by atoms with E-state index >= 15 is 0 Å². The van der Waals surface area contributed by atoms with E-state index in [1.807, 2.05) is 0 Å². The highest BCUT2D eigenvalue weighted by Gasteiger charge is 2.22. The van der Waals surface area contributed by atoms with Crippen LogP contribution >= 0.6 is 0 Å². The monoisotopic (exact) mass is 395 g/mol. The van der Waals surface area contributed by atoms with E-state index in [0.717, 1.165) is 0 Å². The van der Waals surface area contributed by atoms with Gasteiger partial charge < -0.3 is 11.5 Å². The molecule has 0 unspecified atom stereocenters. The first-order valence-electron chi connectivity index (χ1n) is 8.30. The molecule has 3 rings (SSSR count). The highest BCUT2D eigenvalue weighted by atomic mass is 16.6. The molecule has 11 heteroatoms. The van der Waals surface area contributed by atoms with Gasteiger partial charge in [0, 0.05) is 17.1 Å². The van der Waals surface area contributed by atoms with Gasteiger partial charge in [-0.05, 0) is 30.7 Å². The van der Waals surface area contributed by atoms with Gasteiger partial charge in [-0.25, -0.2) is 5.48 Å². The lowest BCUT2D eigenvalue weighted by Crippen LogP contribution is -2.27. The Bertz CT molecular complexity index is 1160. The van der Waals surface area contributed by atoms with E-state index in [1.54, 1.807) is 48.8 Å². The Kier molecular flexibility index (Phi) is 5.23. The molecule has 11 nitrogen and oxygen atoms in total. The molecule has 29 heavy (non-hydrogen) atoms. The Morgan fingerprint density at radius 1 is 1.17 bits per heavy atom. The first-order valence-corrected chi connectivity index (χ1v) is 8.30. The van der Waals surface area contributed by atoms with Crippen LogP contribution in [0.4, 0.5) is 5.69 Å². The maximum Gasteiger partial charge on any atom is 0.293 e. The van der Waals surface area contributed by atoms with Crippen molar-refractivity contribution in [3.8, 4) is 5.69 Å². The fourth-order valence-electron chi connectivity index (χ4n) is 2.90. The Balaban J connectivity index is 2.15. The number of primary amides is 1. The zero-order valence-corrected chi connectivity index (χ0v) is 15.2. The average Bonchev–Trinajstić information content (AvgIpc) is 3.11. The van der Waals surface area contributed by atoms with Gasteiger partial charge in [0.2, 0.25) is 5.96 Å². The van der Waals surface area contributed by atoms with Gasteiger partial charge in [0.25, 0.3) is 11.6 Å². The third-order valence-corrected chi connectivity index (χ3v) is 4.22. The smallest absolute Gasteiger partial charge is 0.293 e. The first-order chi connectivity index (χ1) is 13.8. The van der Waals surface area contributed by atoms with Crippen LogP contribution < -0.4 is 16.9 Å². The number of non-ortho nitro benzene ring substituents is 1. The van der Waals surface area contributed by atoms with E-state index in [4.69, 9.17) is 16.7 Å². The number of hydrogen-bond acceptors (Lipinski definition) is 6. The summed E-state index contributed by atoms with van der Waals surface area (Å²) in [5, 5.41) is 28.1. The van der Waals surface area contributed by atoms with Gasteiger partial charge in [-0.3, -0.25) is 24.7 Å². The first kappa shape index (κ1) is 19.5. The lowest BCUT2D eigenvalue weighted by atomic mass is 10.1. The summed E-state index contributed by atoms with van der Waals surface area (Å²) in [5.74, 6) is -0.975. The molecule has 0 saturated carbocycles. The van der Waals surface area contributed by atoms with E-state index in [9.17, 15) is 14.9 Å². The molecule has 0 aliphatic rings. The Morgan fingerprint density at radius 2 is 1.86 bits per heavy atom. The van der Waals surface area contributed by atoms with Crippen LogP contribution in [-0.4, -0.2) is 32.3 Å². The van der Waals surface area contributed by atoms with Crippen molar-refractivity contribution in [3.05, 3.63) is 69.9 Å². The second kappa shape index (κ2) is 7.78. The molecule has 2 aromatic carbocycles. The minimum Gasteiger partial charge on any atom is -0.367 e. The number of nitrogens with two attached hydrogens (primary N) is 2. The number of carbonyl (C=O) groups is 1. The Morgan fingerprint density at radius 3 is 2.45 bits per heavy atom. The number of amides is 1. The predicted octanol–water partition coefficient (Wildman–Crippen LogP) is 1.66. The topological polar surface area (TPSA) is 174 Å². The third-order valence-electron chi connectivity index (χ3n) is 4.22. The van der Waals surface area contributed by atoms with Gasteiger partial charge in [0.1, 0.15) is 11.2 Å². The van der Waals surface area contributed by atoms with Crippen molar-refractivity contribution in [2.24, 2.45) is 21.7 Å². The number of carbonyl (C=O) groups excluding carboxylic acids is 1. The molecule has 0 saturated heterocycles. The lowest BCUT2D eigenvalue weighted by Gasteiger charge is -2.10. The van der Waals surface area contributed by atoms with Crippen molar-refractivity contribution in [1.29, 1.82) is 0 Å². The largest absolute Gasteiger partial charge is 0.367 e. The molecule has 148 valence electrons. The third kappa shape index (κ3) is 3.75. The maximum atomic E-state index is 12.0. The van der Waals surface area contributed by atoms with Crippen LogP contribution in [0.15, 0.2) is 58.7 Å². The molecule has 1 amide bonds. The van der Waals surface area contributed by atoms with Crippen LogP contribution in [0.5, 0.6) is 0 Å². The van der Waals surface area contributed by atoms with Crippen LogP contribution in [-0.2, 0) is 0 Å². The molecule has 0 aliphatic carbocycles. The summed E-state index contributed by atoms with van der Waals surface area (Å²) in [6.45, 7) is 1.69. The van der Waals surface area contributed by atoms with Crippen molar-refractivity contribution < 1.29 is 14.9 Å². The Labute approximate surface area is 164 Å². The molecule has 0 spiro atoms. The SMILES string of the molecule is C/C(=N\N=C(N)NO)c1ccc(-n2c(C(N)=O)cc3cccc([N+](=O)[O-])c32)cc1. The van der Waals surface area contributed by atoms with E-state index < -0.39 is 10.8 Å².